The third-order valence-corrected chi connectivity index (χ3v) is 6.38. The average Bonchev–Trinajstić information content (AvgIpc) is 3.01. The van der Waals surface area contributed by atoms with E-state index in [1.807, 2.05) is 25.1 Å². The van der Waals surface area contributed by atoms with E-state index >= 15 is 0 Å². The van der Waals surface area contributed by atoms with Gasteiger partial charge in [0, 0.05) is 19.5 Å². The van der Waals surface area contributed by atoms with Crippen molar-refractivity contribution in [3.63, 3.8) is 0 Å². The Morgan fingerprint density at radius 1 is 0.833 bits per heavy atom. The number of nitrogens with zero attached hydrogens (tertiary/aromatic N) is 2. The van der Waals surface area contributed by atoms with Crippen LogP contribution in [0.1, 0.15) is 48.4 Å². The van der Waals surface area contributed by atoms with Crippen LogP contribution in [0.25, 0.3) is 0 Å². The van der Waals surface area contributed by atoms with Gasteiger partial charge < -0.3 is 54.8 Å². The molecule has 2 aromatic carbocycles. The molecule has 0 saturated heterocycles. The molecule has 3 amide bonds. The minimum absolute atomic E-state index is 0.0710. The first-order valence-corrected chi connectivity index (χ1v) is 15.3. The SMILES string of the molecule is CCCN=C(N)N.Cc1cc(O)cc(C)c1C[C@H](NC(=O)CN)C(=O)NC(CCCN=C(N)N)C(=O)NCC(=O)O.Cc1ccccc1. The highest BCUT2D eigenvalue weighted by Crippen LogP contribution is 2.22. The fourth-order valence-corrected chi connectivity index (χ4v) is 4.07. The number of phenolic OH excluding ortho intramolecular Hbond substituents is 1. The molecular formula is C32H52N10O6. The third kappa shape index (κ3) is 19.9. The number of nitrogens with two attached hydrogens (primary N) is 5. The second kappa shape index (κ2) is 23.9. The van der Waals surface area contributed by atoms with E-state index in [-0.39, 0.29) is 43.6 Å². The summed E-state index contributed by atoms with van der Waals surface area (Å²) in [5.74, 6) is -3.06. The Bertz CT molecular complexity index is 1340. The molecule has 0 heterocycles. The van der Waals surface area contributed by atoms with Crippen LogP contribution in [-0.4, -0.2) is 84.1 Å². The first-order valence-electron chi connectivity index (χ1n) is 15.3. The zero-order valence-corrected chi connectivity index (χ0v) is 28.2. The van der Waals surface area contributed by atoms with Crippen LogP contribution in [0.5, 0.6) is 5.75 Å². The van der Waals surface area contributed by atoms with Crippen LogP contribution in [0, 0.1) is 20.8 Å². The van der Waals surface area contributed by atoms with Crippen molar-refractivity contribution in [2.75, 3.05) is 26.2 Å². The molecule has 15 N–H and O–H groups in total. The molecule has 0 saturated carbocycles. The van der Waals surface area contributed by atoms with Crippen LogP contribution in [0.2, 0.25) is 0 Å². The molecule has 0 bridgehead atoms. The Morgan fingerprint density at radius 2 is 1.40 bits per heavy atom. The Kier molecular flexibility index (Phi) is 21.2. The monoisotopic (exact) mass is 672 g/mol. The maximum absolute atomic E-state index is 13.1. The van der Waals surface area contributed by atoms with E-state index in [9.17, 15) is 24.3 Å². The molecule has 0 radical (unpaired) electrons. The van der Waals surface area contributed by atoms with Gasteiger partial charge in [-0.15, -0.1) is 0 Å². The summed E-state index contributed by atoms with van der Waals surface area (Å²) >= 11 is 0. The van der Waals surface area contributed by atoms with E-state index < -0.39 is 42.3 Å². The Hall–Kier alpha value is -5.38. The van der Waals surface area contributed by atoms with Crippen molar-refractivity contribution in [2.45, 2.75) is 65.5 Å². The molecule has 16 heteroatoms. The van der Waals surface area contributed by atoms with Crippen molar-refractivity contribution in [1.82, 2.24) is 16.0 Å². The zero-order valence-electron chi connectivity index (χ0n) is 28.2. The zero-order chi connectivity index (χ0) is 36.6. The van der Waals surface area contributed by atoms with Crippen LogP contribution in [0.15, 0.2) is 52.4 Å². The summed E-state index contributed by atoms with van der Waals surface area (Å²) in [7, 11) is 0. The number of carbonyl (C=O) groups excluding carboxylic acids is 3. The summed E-state index contributed by atoms with van der Waals surface area (Å²) in [5.41, 5.74) is 29.4. The van der Waals surface area contributed by atoms with E-state index in [2.05, 4.69) is 45.0 Å². The number of carboxylic acid groups (broad SMARTS) is 1. The number of aromatic hydroxyl groups is 1. The molecule has 0 spiro atoms. The molecular weight excluding hydrogens is 620 g/mol. The molecule has 2 rings (SSSR count). The Labute approximate surface area is 281 Å². The van der Waals surface area contributed by atoms with Crippen molar-refractivity contribution in [1.29, 1.82) is 0 Å². The van der Waals surface area contributed by atoms with Crippen molar-refractivity contribution >= 4 is 35.6 Å². The average molecular weight is 673 g/mol. The molecule has 266 valence electrons. The molecule has 0 aliphatic heterocycles. The summed E-state index contributed by atoms with van der Waals surface area (Å²) in [5, 5.41) is 25.9. The lowest BCUT2D eigenvalue weighted by Gasteiger charge is -2.24. The highest BCUT2D eigenvalue weighted by atomic mass is 16.4. The van der Waals surface area contributed by atoms with Gasteiger partial charge in [-0.25, -0.2) is 0 Å². The summed E-state index contributed by atoms with van der Waals surface area (Å²) in [6.45, 7) is 7.58. The predicted octanol–water partition coefficient (Wildman–Crippen LogP) is -0.601. The third-order valence-electron chi connectivity index (χ3n) is 6.38. The summed E-state index contributed by atoms with van der Waals surface area (Å²) in [6.07, 6.45) is 1.51. The lowest BCUT2D eigenvalue weighted by molar-refractivity contribution is -0.138. The smallest absolute Gasteiger partial charge is 0.322 e. The van der Waals surface area contributed by atoms with E-state index in [1.54, 1.807) is 13.8 Å². The number of amides is 3. The lowest BCUT2D eigenvalue weighted by Crippen LogP contribution is -2.55. The maximum Gasteiger partial charge on any atom is 0.322 e. The quantitative estimate of drug-likeness (QED) is 0.0647. The van der Waals surface area contributed by atoms with Crippen LogP contribution in [0.4, 0.5) is 0 Å². The first-order chi connectivity index (χ1) is 22.6. The Balaban J connectivity index is 0.00000129. The van der Waals surface area contributed by atoms with E-state index in [4.69, 9.17) is 33.8 Å². The highest BCUT2D eigenvalue weighted by Gasteiger charge is 2.28. The first kappa shape index (κ1) is 42.6. The summed E-state index contributed by atoms with van der Waals surface area (Å²) in [4.78, 5) is 55.9. The fourth-order valence-electron chi connectivity index (χ4n) is 4.07. The number of aryl methyl sites for hydroxylation is 3. The lowest BCUT2D eigenvalue weighted by atomic mass is 9.95. The van der Waals surface area contributed by atoms with Gasteiger partial charge in [0.25, 0.3) is 0 Å². The van der Waals surface area contributed by atoms with Crippen LogP contribution in [-0.2, 0) is 25.6 Å². The molecule has 0 aliphatic rings. The number of nitrogens with one attached hydrogen (secondary N) is 3. The van der Waals surface area contributed by atoms with Crippen LogP contribution in [0.3, 0.4) is 0 Å². The number of carboxylic acids is 1. The molecule has 1 unspecified atom stereocenters. The standard InChI is InChI=1S/C21H33N7O6.C7H8.C4H11N3/c1-11-6-13(29)7-12(2)14(11)8-16(27-17(30)9-22)20(34)28-15(4-3-5-25-21(23)24)19(33)26-10-18(31)32;1-7-5-3-2-4-6-7;1-2-3-7-4(5)6/h6-7,15-16,29H,3-5,8-10,22H2,1-2H3,(H,26,33)(H,27,30)(H,28,34)(H,31,32)(H4,23,24,25);2-6H,1H3;2-3H2,1H3,(H4,5,6,7)/t15?,16-;;/m0../s1. The van der Waals surface area contributed by atoms with Gasteiger partial charge in [-0.3, -0.25) is 29.2 Å². The van der Waals surface area contributed by atoms with E-state index in [1.165, 1.54) is 17.7 Å². The Morgan fingerprint density at radius 3 is 1.83 bits per heavy atom. The van der Waals surface area contributed by atoms with Gasteiger partial charge in [-0.05, 0) is 68.9 Å². The molecule has 0 aliphatic carbocycles. The van der Waals surface area contributed by atoms with Gasteiger partial charge in [-0.1, -0.05) is 42.8 Å². The maximum atomic E-state index is 13.1. The van der Waals surface area contributed by atoms with E-state index in [0.717, 1.165) is 18.5 Å². The van der Waals surface area contributed by atoms with Crippen molar-refractivity contribution in [3.8, 4) is 5.75 Å². The molecule has 0 aromatic heterocycles. The number of guanidine groups is 2. The number of rotatable bonds is 15. The number of benzene rings is 2. The van der Waals surface area contributed by atoms with Gasteiger partial charge in [0.2, 0.25) is 17.7 Å². The largest absolute Gasteiger partial charge is 0.508 e. The van der Waals surface area contributed by atoms with Gasteiger partial charge in [-0.2, -0.15) is 0 Å². The number of hydrogen-bond donors (Lipinski definition) is 10. The van der Waals surface area contributed by atoms with Crippen LogP contribution < -0.4 is 44.6 Å². The van der Waals surface area contributed by atoms with Gasteiger partial charge in [0.1, 0.15) is 24.4 Å². The second-order valence-corrected chi connectivity index (χ2v) is 10.7. The number of hydrogen-bond acceptors (Lipinski definition) is 8. The number of aliphatic carboxylic acids is 1. The number of aliphatic imine (C=N–C) groups is 2. The molecule has 16 nitrogen and oxygen atoms in total. The van der Waals surface area contributed by atoms with E-state index in [0.29, 0.717) is 17.5 Å². The topological polar surface area (TPSA) is 300 Å². The number of carbonyl (C=O) groups is 4. The van der Waals surface area contributed by atoms with Gasteiger partial charge >= 0.3 is 5.97 Å². The normalized spacial score (nSPS) is 11.1. The minimum Gasteiger partial charge on any atom is -0.508 e. The van der Waals surface area contributed by atoms with Gasteiger partial charge in [0.05, 0.1) is 6.54 Å². The summed E-state index contributed by atoms with van der Waals surface area (Å²) < 4.78 is 0. The molecule has 48 heavy (non-hydrogen) atoms. The summed E-state index contributed by atoms with van der Waals surface area (Å²) in [6, 6.07) is 11.2. The molecule has 2 aromatic rings. The van der Waals surface area contributed by atoms with Crippen molar-refractivity contribution in [2.24, 2.45) is 38.7 Å². The fraction of sp³-hybridized carbons (Fsp3) is 0.438. The minimum atomic E-state index is -1.25. The van der Waals surface area contributed by atoms with Crippen LogP contribution >= 0.6 is 0 Å². The number of phenols is 1. The van der Waals surface area contributed by atoms with Gasteiger partial charge in [0.15, 0.2) is 11.9 Å². The molecule has 2 atom stereocenters. The molecule has 0 fully saturated rings. The predicted molar refractivity (Wildman–Crippen MR) is 187 cm³/mol. The van der Waals surface area contributed by atoms with Crippen molar-refractivity contribution in [3.05, 3.63) is 64.7 Å². The second-order valence-electron chi connectivity index (χ2n) is 10.7. The van der Waals surface area contributed by atoms with Crippen molar-refractivity contribution < 1.29 is 29.4 Å². The highest BCUT2D eigenvalue weighted by molar-refractivity contribution is 5.93.